The zero-order chi connectivity index (χ0) is 18.7. The Morgan fingerprint density at radius 3 is 2.44 bits per heavy atom. The number of carbonyl (C=O) groups is 2. The monoisotopic (exact) mass is 352 g/mol. The molecular weight excluding hydrogens is 323 g/mol. The zero-order valence-electron chi connectivity index (χ0n) is 15.4. The predicted molar refractivity (Wildman–Crippen MR) is 94.5 cm³/mol. The molecule has 0 saturated carbocycles. The molecular formula is C20H29FO4. The molecule has 0 aromatic heterocycles. The molecule has 1 rings (SSSR count). The van der Waals surface area contributed by atoms with Crippen molar-refractivity contribution in [2.45, 2.75) is 65.4 Å². The Morgan fingerprint density at radius 2 is 1.80 bits per heavy atom. The number of carbonyl (C=O) groups excluding carboxylic acids is 2. The van der Waals surface area contributed by atoms with E-state index < -0.39 is 0 Å². The van der Waals surface area contributed by atoms with Gasteiger partial charge in [0.1, 0.15) is 11.9 Å². The summed E-state index contributed by atoms with van der Waals surface area (Å²) in [5.74, 6) is -0.662. The summed E-state index contributed by atoms with van der Waals surface area (Å²) in [5.41, 5.74) is 0.523. The summed E-state index contributed by atoms with van der Waals surface area (Å²) >= 11 is 0. The third kappa shape index (κ3) is 8.66. The number of ether oxygens (including phenoxy) is 2. The van der Waals surface area contributed by atoms with Crippen molar-refractivity contribution in [3.8, 4) is 0 Å². The van der Waals surface area contributed by atoms with Crippen molar-refractivity contribution >= 4 is 11.9 Å². The maximum atomic E-state index is 13.4. The van der Waals surface area contributed by atoms with E-state index in [1.165, 1.54) is 6.07 Å². The molecule has 0 aliphatic carbocycles. The minimum Gasteiger partial charge on any atom is -0.465 e. The molecule has 0 heterocycles. The standard InChI is InChI=1S/C20H29FO4/c1-4-8-18(15(2)3)25-20(23)12-7-11-19(22)24-14-13-16-9-5-6-10-17(16)21/h5-6,9-10,15,18H,4,7-8,11-14H2,1-3H3. The Labute approximate surface area is 149 Å². The Balaban J connectivity index is 2.19. The highest BCUT2D eigenvalue weighted by molar-refractivity contribution is 5.72. The molecule has 25 heavy (non-hydrogen) atoms. The van der Waals surface area contributed by atoms with Crippen molar-refractivity contribution in [1.29, 1.82) is 0 Å². The molecule has 0 spiro atoms. The van der Waals surface area contributed by atoms with Crippen LogP contribution in [0.15, 0.2) is 24.3 Å². The fourth-order valence-corrected chi connectivity index (χ4v) is 2.47. The summed E-state index contributed by atoms with van der Waals surface area (Å²) in [6.45, 7) is 6.25. The van der Waals surface area contributed by atoms with E-state index in [1.54, 1.807) is 18.2 Å². The van der Waals surface area contributed by atoms with Crippen LogP contribution in [0.1, 0.15) is 58.4 Å². The van der Waals surface area contributed by atoms with Crippen molar-refractivity contribution in [3.63, 3.8) is 0 Å². The van der Waals surface area contributed by atoms with Gasteiger partial charge in [0, 0.05) is 19.3 Å². The lowest BCUT2D eigenvalue weighted by Gasteiger charge is -2.20. The van der Waals surface area contributed by atoms with Crippen LogP contribution in [-0.2, 0) is 25.5 Å². The number of hydrogen-bond acceptors (Lipinski definition) is 4. The highest BCUT2D eigenvalue weighted by atomic mass is 19.1. The topological polar surface area (TPSA) is 52.6 Å². The van der Waals surface area contributed by atoms with Crippen LogP contribution in [0.3, 0.4) is 0 Å². The molecule has 0 fully saturated rings. The van der Waals surface area contributed by atoms with E-state index in [0.29, 0.717) is 18.4 Å². The van der Waals surface area contributed by atoms with Gasteiger partial charge in [-0.3, -0.25) is 9.59 Å². The fraction of sp³-hybridized carbons (Fsp3) is 0.600. The molecule has 1 aromatic carbocycles. The smallest absolute Gasteiger partial charge is 0.306 e. The van der Waals surface area contributed by atoms with Gasteiger partial charge in [-0.1, -0.05) is 45.4 Å². The van der Waals surface area contributed by atoms with Gasteiger partial charge < -0.3 is 9.47 Å². The summed E-state index contributed by atoms with van der Waals surface area (Å²) in [6, 6.07) is 6.41. The molecule has 140 valence electrons. The lowest BCUT2D eigenvalue weighted by atomic mass is 10.0. The molecule has 0 bridgehead atoms. The number of rotatable bonds is 11. The van der Waals surface area contributed by atoms with Crippen LogP contribution >= 0.6 is 0 Å². The summed E-state index contributed by atoms with van der Waals surface area (Å²) in [5, 5.41) is 0. The molecule has 0 aliphatic rings. The van der Waals surface area contributed by atoms with Gasteiger partial charge in [-0.05, 0) is 30.4 Å². The van der Waals surface area contributed by atoms with Gasteiger partial charge in [-0.2, -0.15) is 0 Å². The van der Waals surface area contributed by atoms with E-state index in [9.17, 15) is 14.0 Å². The van der Waals surface area contributed by atoms with E-state index in [-0.39, 0.29) is 49.2 Å². The molecule has 1 unspecified atom stereocenters. The molecule has 4 nitrogen and oxygen atoms in total. The van der Waals surface area contributed by atoms with E-state index in [2.05, 4.69) is 6.92 Å². The zero-order valence-corrected chi connectivity index (χ0v) is 15.4. The molecule has 0 radical (unpaired) electrons. The second-order valence-electron chi connectivity index (χ2n) is 6.48. The minimum absolute atomic E-state index is 0.0646. The highest BCUT2D eigenvalue weighted by Crippen LogP contribution is 2.14. The van der Waals surface area contributed by atoms with E-state index in [1.807, 2.05) is 13.8 Å². The maximum absolute atomic E-state index is 13.4. The predicted octanol–water partition coefficient (Wildman–Crippen LogP) is 4.45. The Kier molecular flexibility index (Phi) is 9.81. The Bertz CT molecular complexity index is 542. The molecule has 0 amide bonds. The van der Waals surface area contributed by atoms with Gasteiger partial charge in [0.05, 0.1) is 6.61 Å². The van der Waals surface area contributed by atoms with Crippen LogP contribution in [0.4, 0.5) is 4.39 Å². The Hall–Kier alpha value is -1.91. The minimum atomic E-state index is -0.377. The summed E-state index contributed by atoms with van der Waals surface area (Å²) in [4.78, 5) is 23.5. The van der Waals surface area contributed by atoms with Gasteiger partial charge in [-0.15, -0.1) is 0 Å². The maximum Gasteiger partial charge on any atom is 0.306 e. The first-order valence-electron chi connectivity index (χ1n) is 9.02. The van der Waals surface area contributed by atoms with Gasteiger partial charge in [0.25, 0.3) is 0 Å². The van der Waals surface area contributed by atoms with E-state index in [4.69, 9.17) is 9.47 Å². The number of hydrogen-bond donors (Lipinski definition) is 0. The first kappa shape index (κ1) is 21.1. The molecule has 1 aromatic rings. The fourth-order valence-electron chi connectivity index (χ4n) is 2.47. The summed E-state index contributed by atoms with van der Waals surface area (Å²) < 4.78 is 24.0. The number of esters is 2. The van der Waals surface area contributed by atoms with Crippen molar-refractivity contribution in [3.05, 3.63) is 35.6 Å². The Morgan fingerprint density at radius 1 is 1.12 bits per heavy atom. The normalized spacial score (nSPS) is 12.0. The second kappa shape index (κ2) is 11.6. The third-order valence-electron chi connectivity index (χ3n) is 3.95. The van der Waals surface area contributed by atoms with Crippen LogP contribution in [0.25, 0.3) is 0 Å². The lowest BCUT2D eigenvalue weighted by molar-refractivity contribution is -0.152. The van der Waals surface area contributed by atoms with Crippen LogP contribution in [0.5, 0.6) is 0 Å². The van der Waals surface area contributed by atoms with Crippen molar-refractivity contribution in [2.75, 3.05) is 6.61 Å². The SMILES string of the molecule is CCCC(OC(=O)CCCC(=O)OCCc1ccccc1F)C(C)C. The van der Waals surface area contributed by atoms with Crippen LogP contribution < -0.4 is 0 Å². The quantitative estimate of drug-likeness (QED) is 0.552. The van der Waals surface area contributed by atoms with Crippen LogP contribution in [0, 0.1) is 11.7 Å². The van der Waals surface area contributed by atoms with Gasteiger partial charge in [-0.25, -0.2) is 4.39 Å². The lowest BCUT2D eigenvalue weighted by Crippen LogP contribution is -2.23. The van der Waals surface area contributed by atoms with Crippen LogP contribution in [-0.4, -0.2) is 24.6 Å². The van der Waals surface area contributed by atoms with E-state index >= 15 is 0 Å². The first-order chi connectivity index (χ1) is 11.9. The average Bonchev–Trinajstić information content (AvgIpc) is 2.56. The summed E-state index contributed by atoms with van der Waals surface area (Å²) in [7, 11) is 0. The van der Waals surface area contributed by atoms with Crippen molar-refractivity contribution in [2.24, 2.45) is 5.92 Å². The van der Waals surface area contributed by atoms with E-state index in [0.717, 1.165) is 12.8 Å². The van der Waals surface area contributed by atoms with Gasteiger partial charge in [0.15, 0.2) is 0 Å². The first-order valence-corrected chi connectivity index (χ1v) is 9.02. The average molecular weight is 352 g/mol. The number of benzene rings is 1. The number of halogens is 1. The molecule has 1 atom stereocenters. The summed E-state index contributed by atoms with van der Waals surface area (Å²) in [6.07, 6.45) is 2.85. The largest absolute Gasteiger partial charge is 0.465 e. The second-order valence-corrected chi connectivity index (χ2v) is 6.48. The van der Waals surface area contributed by atoms with Crippen molar-refractivity contribution < 1.29 is 23.5 Å². The van der Waals surface area contributed by atoms with Gasteiger partial charge >= 0.3 is 11.9 Å². The molecule has 0 N–H and O–H groups in total. The molecule has 0 saturated heterocycles. The molecule has 0 aliphatic heterocycles. The van der Waals surface area contributed by atoms with Crippen molar-refractivity contribution in [1.82, 2.24) is 0 Å². The van der Waals surface area contributed by atoms with Gasteiger partial charge in [0.2, 0.25) is 0 Å². The van der Waals surface area contributed by atoms with Crippen LogP contribution in [0.2, 0.25) is 0 Å². The highest BCUT2D eigenvalue weighted by Gasteiger charge is 2.17. The third-order valence-corrected chi connectivity index (χ3v) is 3.95. The molecule has 5 heteroatoms.